The second-order valence-electron chi connectivity index (χ2n) is 1.83. The minimum atomic E-state index is 0. The van der Waals surface area contributed by atoms with Crippen LogP contribution in [-0.2, 0) is 4.79 Å². The zero-order chi connectivity index (χ0) is 8.27. The van der Waals surface area contributed by atoms with E-state index in [4.69, 9.17) is 23.2 Å². The van der Waals surface area contributed by atoms with Gasteiger partial charge in [-0.15, -0.1) is 0 Å². The van der Waals surface area contributed by atoms with Crippen LogP contribution in [0.5, 0.6) is 0 Å². The molecule has 0 fully saturated rings. The van der Waals surface area contributed by atoms with Crippen LogP contribution in [0.4, 0.5) is 5.69 Å². The molecule has 5 heteroatoms. The summed E-state index contributed by atoms with van der Waals surface area (Å²) in [5.74, 6) is 0. The van der Waals surface area contributed by atoms with Gasteiger partial charge in [-0.05, 0) is 18.2 Å². The molecule has 0 atom stereocenters. The molecular weight excluding hydrogens is 392 g/mol. The first kappa shape index (κ1) is 12.1. The molecule has 0 unspecified atom stereocenters. The van der Waals surface area contributed by atoms with Crippen LogP contribution in [0.25, 0.3) is 0 Å². The van der Waals surface area contributed by atoms with Crippen molar-refractivity contribution in [1.29, 1.82) is 0 Å². The maximum atomic E-state index is 9.82. The van der Waals surface area contributed by atoms with E-state index >= 15 is 0 Å². The van der Waals surface area contributed by atoms with Crippen molar-refractivity contribution in [2.24, 2.45) is 4.99 Å². The Kier molecular flexibility index (Phi) is 5.75. The number of aliphatic imine (C=N–C) groups is 1. The van der Waals surface area contributed by atoms with E-state index in [2.05, 4.69) is 4.99 Å². The predicted molar refractivity (Wildman–Crippen MR) is 52.8 cm³/mol. The van der Waals surface area contributed by atoms with E-state index in [9.17, 15) is 4.79 Å². The first-order valence-corrected chi connectivity index (χ1v) is 3.52. The van der Waals surface area contributed by atoms with Crippen LogP contribution in [-0.4, -0.2) is 33.4 Å². The average Bonchev–Trinajstić information content (AvgIpc) is 1.85. The fourth-order valence-electron chi connectivity index (χ4n) is 0.657. The number of hydrogen-bond acceptors (Lipinski definition) is 2. The molecule has 2 radical (unpaired) electrons. The second kappa shape index (κ2) is 5.70. The Labute approximate surface area is 99.7 Å². The second-order valence-corrected chi connectivity index (χ2v) is 2.70. The minimum absolute atomic E-state index is 0. The molecule has 0 saturated carbocycles. The molecule has 0 aliphatic rings. The third-order valence-corrected chi connectivity index (χ3v) is 1.46. The van der Waals surface area contributed by atoms with Gasteiger partial charge in [0.15, 0.2) is 0 Å². The molecule has 2 nitrogen and oxygen atoms in total. The summed E-state index contributed by atoms with van der Waals surface area (Å²) < 4.78 is 0. The summed E-state index contributed by atoms with van der Waals surface area (Å²) >= 11 is 11.2. The number of halogens is 2. The van der Waals surface area contributed by atoms with Crippen LogP contribution in [0.2, 0.25) is 10.0 Å². The molecule has 0 spiro atoms. The Morgan fingerprint density at radius 2 is 1.67 bits per heavy atom. The normalized spacial score (nSPS) is 8.17. The molecule has 0 saturated heterocycles. The van der Waals surface area contributed by atoms with Crippen molar-refractivity contribution < 1.29 is 4.79 Å². The summed E-state index contributed by atoms with van der Waals surface area (Å²) in [7, 11) is 0. The quantitative estimate of drug-likeness (QED) is 0.405. The molecule has 0 bridgehead atoms. The molecule has 0 aromatic heterocycles. The van der Waals surface area contributed by atoms with E-state index in [0.717, 1.165) is 0 Å². The molecular formula is C7H5Cl2NOPb. The van der Waals surface area contributed by atoms with Gasteiger partial charge in [-0.3, -0.25) is 0 Å². The molecule has 1 aromatic rings. The van der Waals surface area contributed by atoms with E-state index in [1.165, 1.54) is 18.2 Å². The van der Waals surface area contributed by atoms with E-state index in [-0.39, 0.29) is 27.3 Å². The van der Waals surface area contributed by atoms with Crippen molar-refractivity contribution in [3.05, 3.63) is 28.2 Å². The van der Waals surface area contributed by atoms with Gasteiger partial charge in [0, 0.05) is 10.0 Å². The van der Waals surface area contributed by atoms with Gasteiger partial charge in [-0.2, -0.15) is 4.99 Å². The number of carbonyl (C=O) groups excluding carboxylic acids is 1. The van der Waals surface area contributed by atoms with Gasteiger partial charge in [0.1, 0.15) is 0 Å². The first-order valence-electron chi connectivity index (χ1n) is 2.76. The molecule has 1 rings (SSSR count). The average molecular weight is 397 g/mol. The zero-order valence-corrected chi connectivity index (χ0v) is 13.1. The van der Waals surface area contributed by atoms with Gasteiger partial charge in [-0.1, -0.05) is 23.2 Å². The van der Waals surface area contributed by atoms with E-state index in [0.29, 0.717) is 15.7 Å². The summed E-state index contributed by atoms with van der Waals surface area (Å²) in [6.45, 7) is 0. The van der Waals surface area contributed by atoms with Gasteiger partial charge in [0.2, 0.25) is 6.08 Å². The van der Waals surface area contributed by atoms with Crippen molar-refractivity contribution >= 4 is 62.3 Å². The Morgan fingerprint density at radius 1 is 1.17 bits per heavy atom. The fraction of sp³-hybridized carbons (Fsp3) is 0. The van der Waals surface area contributed by atoms with Crippen LogP contribution in [0.3, 0.4) is 0 Å². The van der Waals surface area contributed by atoms with Crippen molar-refractivity contribution in [2.45, 2.75) is 0 Å². The van der Waals surface area contributed by atoms with Crippen LogP contribution in [0, 0.1) is 0 Å². The third-order valence-electron chi connectivity index (χ3n) is 1.02. The predicted octanol–water partition coefficient (Wildman–Crippen LogP) is 2.04. The number of isocyanates is 1. The Hall–Kier alpha value is 0.102. The van der Waals surface area contributed by atoms with E-state index in [1.54, 1.807) is 6.07 Å². The van der Waals surface area contributed by atoms with Crippen LogP contribution < -0.4 is 0 Å². The Morgan fingerprint density at radius 3 is 2.08 bits per heavy atom. The summed E-state index contributed by atoms with van der Waals surface area (Å²) in [5, 5.41) is 0.901. The summed E-state index contributed by atoms with van der Waals surface area (Å²) in [5.41, 5.74) is 0.414. The Balaban J connectivity index is 0.00000121. The van der Waals surface area contributed by atoms with Gasteiger partial charge < -0.3 is 0 Å². The van der Waals surface area contributed by atoms with Crippen LogP contribution in [0.1, 0.15) is 0 Å². The van der Waals surface area contributed by atoms with Gasteiger partial charge in [0.05, 0.1) is 5.69 Å². The monoisotopic (exact) mass is 397 g/mol. The number of nitrogens with zero attached hydrogens (tertiary/aromatic N) is 1. The van der Waals surface area contributed by atoms with Crippen molar-refractivity contribution in [3.63, 3.8) is 0 Å². The molecule has 0 heterocycles. The van der Waals surface area contributed by atoms with E-state index in [1.807, 2.05) is 0 Å². The molecule has 1 aromatic carbocycles. The summed E-state index contributed by atoms with van der Waals surface area (Å²) in [4.78, 5) is 13.2. The topological polar surface area (TPSA) is 29.4 Å². The molecule has 12 heavy (non-hydrogen) atoms. The van der Waals surface area contributed by atoms with Crippen molar-refractivity contribution in [1.82, 2.24) is 0 Å². The van der Waals surface area contributed by atoms with Gasteiger partial charge in [0.25, 0.3) is 0 Å². The Bertz CT molecular complexity index is 303. The zero-order valence-electron chi connectivity index (χ0n) is 6.05. The van der Waals surface area contributed by atoms with Crippen LogP contribution in [0.15, 0.2) is 23.2 Å². The van der Waals surface area contributed by atoms with Crippen molar-refractivity contribution in [2.75, 3.05) is 0 Å². The number of rotatable bonds is 1. The first-order chi connectivity index (χ1) is 5.22. The standard InChI is InChI=1S/C7H3Cl2NO.Pb.2H/c8-5-1-6(9)3-7(2-5)10-4-11;;;/h1-3H;;;. The van der Waals surface area contributed by atoms with Crippen LogP contribution >= 0.6 is 23.2 Å². The summed E-state index contributed by atoms with van der Waals surface area (Å²) in [6.07, 6.45) is 1.40. The SMILES string of the molecule is O=C=Nc1cc(Cl)cc(Cl)c1.[PbH2]. The molecule has 0 N–H and O–H groups in total. The van der Waals surface area contributed by atoms with Gasteiger partial charge in [-0.25, -0.2) is 4.79 Å². The van der Waals surface area contributed by atoms with E-state index < -0.39 is 0 Å². The number of benzene rings is 1. The molecule has 0 aliphatic heterocycles. The molecule has 0 aliphatic carbocycles. The number of hydrogen-bond donors (Lipinski definition) is 0. The molecule has 62 valence electrons. The summed E-state index contributed by atoms with van der Waals surface area (Å²) in [6, 6.07) is 4.61. The third kappa shape index (κ3) is 3.67. The van der Waals surface area contributed by atoms with Crippen molar-refractivity contribution in [3.8, 4) is 0 Å². The fourth-order valence-corrected chi connectivity index (χ4v) is 1.17. The molecule has 0 amide bonds. The maximum absolute atomic E-state index is 9.82. The van der Waals surface area contributed by atoms with Gasteiger partial charge >= 0.3 is 27.3 Å².